The smallest absolute Gasteiger partial charge is 0.255 e. The number of carbonyl (C=O) groups excluding carboxylic acids is 3. The molecule has 0 spiro atoms. The predicted molar refractivity (Wildman–Crippen MR) is 97.1 cm³/mol. The van der Waals surface area contributed by atoms with E-state index in [1.807, 2.05) is 25.1 Å². The molecule has 2 atom stereocenters. The third kappa shape index (κ3) is 3.78. The van der Waals surface area contributed by atoms with Crippen molar-refractivity contribution in [3.8, 4) is 0 Å². The predicted octanol–water partition coefficient (Wildman–Crippen LogP) is 0.617. The molecule has 7 heteroatoms. The lowest BCUT2D eigenvalue weighted by atomic mass is 10.0. The van der Waals surface area contributed by atoms with Crippen LogP contribution >= 0.6 is 0 Å². The van der Waals surface area contributed by atoms with Crippen LogP contribution in [0, 0.1) is 0 Å². The lowest BCUT2D eigenvalue weighted by molar-refractivity contribution is -0.136. The molecule has 1 saturated heterocycles. The summed E-state index contributed by atoms with van der Waals surface area (Å²) < 4.78 is 0. The van der Waals surface area contributed by atoms with Crippen LogP contribution in [0.1, 0.15) is 48.2 Å². The molecule has 1 fully saturated rings. The van der Waals surface area contributed by atoms with E-state index in [-0.39, 0.29) is 30.2 Å². The molecule has 1 unspecified atom stereocenters. The summed E-state index contributed by atoms with van der Waals surface area (Å²) in [5.74, 6) is -0.785. The minimum absolute atomic E-state index is 0.106. The first kappa shape index (κ1) is 18.5. The largest absolute Gasteiger partial charge is 0.327 e. The van der Waals surface area contributed by atoms with Gasteiger partial charge in [0.2, 0.25) is 11.8 Å². The first-order chi connectivity index (χ1) is 12.4. The van der Waals surface area contributed by atoms with Gasteiger partial charge in [0.25, 0.3) is 5.91 Å². The van der Waals surface area contributed by atoms with Crippen LogP contribution in [-0.2, 0) is 22.7 Å². The van der Waals surface area contributed by atoms with Crippen LogP contribution < -0.4 is 11.1 Å². The number of nitrogens with two attached hydrogens (primary N) is 1. The van der Waals surface area contributed by atoms with Gasteiger partial charge in [-0.15, -0.1) is 0 Å². The van der Waals surface area contributed by atoms with E-state index >= 15 is 0 Å². The Hall–Kier alpha value is -2.25. The Morgan fingerprint density at radius 3 is 2.77 bits per heavy atom. The summed E-state index contributed by atoms with van der Waals surface area (Å²) in [6.45, 7) is 6.99. The Kier molecular flexibility index (Phi) is 5.38. The van der Waals surface area contributed by atoms with Gasteiger partial charge in [0.15, 0.2) is 0 Å². The SMILES string of the molecule is CCN(Cc1ccc2c(c1)CN(C1CCC(=O)NC1=O)C2=O)C[C@@H](C)N. The standard InChI is InChI=1S/C19H26N4O3/c1-3-22(9-12(2)20)10-13-4-5-15-14(8-13)11-23(19(15)26)16-6-7-17(24)21-18(16)25/h4-5,8,12,16H,3,6-7,9-11,20H2,1-2H3,(H,21,24,25)/t12-,16?/m1/s1. The molecule has 2 heterocycles. The number of piperidine rings is 1. The lowest BCUT2D eigenvalue weighted by Gasteiger charge is -2.29. The molecule has 3 amide bonds. The van der Waals surface area contributed by atoms with Gasteiger partial charge >= 0.3 is 0 Å². The van der Waals surface area contributed by atoms with Crippen LogP contribution in [0.4, 0.5) is 0 Å². The summed E-state index contributed by atoms with van der Waals surface area (Å²) in [4.78, 5) is 40.0. The van der Waals surface area contributed by atoms with E-state index in [2.05, 4.69) is 17.1 Å². The summed E-state index contributed by atoms with van der Waals surface area (Å²) in [7, 11) is 0. The Morgan fingerprint density at radius 2 is 2.12 bits per heavy atom. The first-order valence-corrected chi connectivity index (χ1v) is 9.13. The third-order valence-corrected chi connectivity index (χ3v) is 4.99. The number of nitrogens with one attached hydrogen (secondary N) is 1. The van der Waals surface area contributed by atoms with Crippen LogP contribution in [0.25, 0.3) is 0 Å². The highest BCUT2D eigenvalue weighted by molar-refractivity contribution is 6.05. The second kappa shape index (κ2) is 7.55. The summed E-state index contributed by atoms with van der Waals surface area (Å²) in [6, 6.07) is 5.39. The summed E-state index contributed by atoms with van der Waals surface area (Å²) >= 11 is 0. The number of likely N-dealkylation sites (N-methyl/N-ethyl adjacent to an activating group) is 1. The highest BCUT2D eigenvalue weighted by atomic mass is 16.2. The molecule has 0 bridgehead atoms. The molecule has 7 nitrogen and oxygen atoms in total. The molecular formula is C19H26N4O3. The maximum absolute atomic E-state index is 12.7. The van der Waals surface area contributed by atoms with Gasteiger partial charge in [-0.25, -0.2) is 0 Å². The zero-order chi connectivity index (χ0) is 18.8. The van der Waals surface area contributed by atoms with E-state index in [0.29, 0.717) is 18.5 Å². The summed E-state index contributed by atoms with van der Waals surface area (Å²) in [5.41, 5.74) is 8.61. The normalized spacial score (nSPS) is 21.2. The summed E-state index contributed by atoms with van der Waals surface area (Å²) in [5, 5.41) is 2.33. The highest BCUT2D eigenvalue weighted by Crippen LogP contribution is 2.28. The van der Waals surface area contributed by atoms with Gasteiger partial charge in [0.05, 0.1) is 0 Å². The highest BCUT2D eigenvalue weighted by Gasteiger charge is 2.39. The van der Waals surface area contributed by atoms with Gasteiger partial charge in [0, 0.05) is 37.7 Å². The molecule has 26 heavy (non-hydrogen) atoms. The zero-order valence-corrected chi connectivity index (χ0v) is 15.3. The van der Waals surface area contributed by atoms with Crippen molar-refractivity contribution in [2.45, 2.75) is 51.9 Å². The molecule has 1 aromatic carbocycles. The average Bonchev–Trinajstić information content (AvgIpc) is 2.90. The number of rotatable bonds is 6. The van der Waals surface area contributed by atoms with Crippen LogP contribution in [0.2, 0.25) is 0 Å². The van der Waals surface area contributed by atoms with Crippen molar-refractivity contribution in [1.29, 1.82) is 0 Å². The monoisotopic (exact) mass is 358 g/mol. The minimum atomic E-state index is -0.568. The Balaban J connectivity index is 1.74. The number of hydrogen-bond donors (Lipinski definition) is 2. The Bertz CT molecular complexity index is 731. The molecule has 140 valence electrons. The summed E-state index contributed by atoms with van der Waals surface area (Å²) in [6.07, 6.45) is 0.653. The molecule has 3 N–H and O–H groups in total. The zero-order valence-electron chi connectivity index (χ0n) is 15.3. The topological polar surface area (TPSA) is 95.7 Å². The third-order valence-electron chi connectivity index (χ3n) is 4.99. The first-order valence-electron chi connectivity index (χ1n) is 9.13. The molecule has 0 radical (unpaired) electrons. The van der Waals surface area contributed by atoms with Crippen LogP contribution in [-0.4, -0.2) is 52.7 Å². The van der Waals surface area contributed by atoms with Crippen molar-refractivity contribution >= 4 is 17.7 Å². The number of carbonyl (C=O) groups is 3. The molecule has 2 aliphatic rings. The van der Waals surface area contributed by atoms with Crippen LogP contribution in [0.5, 0.6) is 0 Å². The number of amides is 3. The van der Waals surface area contributed by atoms with Gasteiger partial charge in [-0.05, 0) is 37.1 Å². The Morgan fingerprint density at radius 1 is 1.35 bits per heavy atom. The number of benzene rings is 1. The van der Waals surface area contributed by atoms with Gasteiger partial charge in [-0.2, -0.15) is 0 Å². The molecular weight excluding hydrogens is 332 g/mol. The van der Waals surface area contributed by atoms with E-state index in [1.54, 1.807) is 4.90 Å². The quantitative estimate of drug-likeness (QED) is 0.727. The van der Waals surface area contributed by atoms with Gasteiger partial charge in [0.1, 0.15) is 6.04 Å². The van der Waals surface area contributed by atoms with E-state index in [9.17, 15) is 14.4 Å². The molecule has 2 aliphatic heterocycles. The molecule has 3 rings (SSSR count). The fraction of sp³-hybridized carbons (Fsp3) is 0.526. The fourth-order valence-corrected chi connectivity index (χ4v) is 3.70. The van der Waals surface area contributed by atoms with Crippen molar-refractivity contribution in [2.24, 2.45) is 5.73 Å². The van der Waals surface area contributed by atoms with Gasteiger partial charge in [-0.1, -0.05) is 19.1 Å². The number of fused-ring (bicyclic) bond motifs is 1. The maximum atomic E-state index is 12.7. The second-order valence-electron chi connectivity index (χ2n) is 7.20. The number of nitrogens with zero attached hydrogens (tertiary/aromatic N) is 2. The Labute approximate surface area is 153 Å². The number of hydrogen-bond acceptors (Lipinski definition) is 5. The molecule has 0 saturated carbocycles. The molecule has 0 aliphatic carbocycles. The van der Waals surface area contributed by atoms with Crippen molar-refractivity contribution in [3.05, 3.63) is 34.9 Å². The second-order valence-corrected chi connectivity index (χ2v) is 7.20. The lowest BCUT2D eigenvalue weighted by Crippen LogP contribution is -2.52. The average molecular weight is 358 g/mol. The van der Waals surface area contributed by atoms with Crippen molar-refractivity contribution < 1.29 is 14.4 Å². The van der Waals surface area contributed by atoms with E-state index in [1.165, 1.54) is 0 Å². The van der Waals surface area contributed by atoms with Crippen molar-refractivity contribution in [1.82, 2.24) is 15.1 Å². The van der Waals surface area contributed by atoms with E-state index < -0.39 is 6.04 Å². The fourth-order valence-electron chi connectivity index (χ4n) is 3.70. The van der Waals surface area contributed by atoms with Crippen LogP contribution in [0.3, 0.4) is 0 Å². The van der Waals surface area contributed by atoms with Crippen LogP contribution in [0.15, 0.2) is 18.2 Å². The minimum Gasteiger partial charge on any atom is -0.327 e. The van der Waals surface area contributed by atoms with Gasteiger partial charge < -0.3 is 10.6 Å². The van der Waals surface area contributed by atoms with E-state index in [4.69, 9.17) is 5.73 Å². The molecule has 1 aromatic rings. The van der Waals surface area contributed by atoms with Crippen molar-refractivity contribution in [3.63, 3.8) is 0 Å². The van der Waals surface area contributed by atoms with Gasteiger partial charge in [-0.3, -0.25) is 24.6 Å². The number of imide groups is 1. The van der Waals surface area contributed by atoms with Crippen molar-refractivity contribution in [2.75, 3.05) is 13.1 Å². The molecule has 0 aromatic heterocycles. The van der Waals surface area contributed by atoms with E-state index in [0.717, 1.165) is 30.8 Å². The maximum Gasteiger partial charge on any atom is 0.255 e.